The third-order valence-electron chi connectivity index (χ3n) is 1.83. The third kappa shape index (κ3) is 1.33. The second-order valence-electron chi connectivity index (χ2n) is 2.71. The maximum Gasteiger partial charge on any atom is 0.174 e. The molecule has 0 atom stereocenters. The number of aromatic nitrogens is 1. The third-order valence-corrected chi connectivity index (χ3v) is 2.14. The van der Waals surface area contributed by atoms with E-state index in [0.717, 1.165) is 0 Å². The highest BCUT2D eigenvalue weighted by Gasteiger charge is 2.14. The lowest BCUT2D eigenvalue weighted by Crippen LogP contribution is -1.90. The lowest BCUT2D eigenvalue weighted by molar-refractivity contribution is 0.423. The summed E-state index contributed by atoms with van der Waals surface area (Å²) in [6, 6.07) is 4.39. The minimum absolute atomic E-state index is 0.122. The molecule has 5 heteroatoms. The first kappa shape index (κ1) is 9.02. The molecule has 0 amide bonds. The Morgan fingerprint density at radius 1 is 1.43 bits per heavy atom. The molecule has 1 heterocycles. The molecular weight excluding hydrogens is 207 g/mol. The smallest absolute Gasteiger partial charge is 0.174 e. The molecule has 0 saturated carbocycles. The van der Waals surface area contributed by atoms with Crippen molar-refractivity contribution < 1.29 is 8.91 Å². The van der Waals surface area contributed by atoms with Crippen LogP contribution in [-0.4, -0.2) is 5.16 Å². The Bertz CT molecular complexity index is 449. The largest absolute Gasteiger partial charge is 0.380 e. The SMILES string of the molecule is Nc1nocc1-c1c(F)cccc1Cl. The molecule has 1 aromatic carbocycles. The summed E-state index contributed by atoms with van der Waals surface area (Å²) in [4.78, 5) is 0. The van der Waals surface area contributed by atoms with Crippen LogP contribution in [0.2, 0.25) is 5.02 Å². The van der Waals surface area contributed by atoms with Crippen molar-refractivity contribution in [2.45, 2.75) is 0 Å². The van der Waals surface area contributed by atoms with Gasteiger partial charge in [0, 0.05) is 5.56 Å². The number of halogens is 2. The highest BCUT2D eigenvalue weighted by Crippen LogP contribution is 2.33. The number of hydrogen-bond acceptors (Lipinski definition) is 3. The predicted octanol–water partition coefficient (Wildman–Crippen LogP) is 2.72. The number of rotatable bonds is 1. The number of nitrogens with zero attached hydrogens (tertiary/aromatic N) is 1. The molecule has 0 aliphatic rings. The van der Waals surface area contributed by atoms with Crippen molar-refractivity contribution in [3.63, 3.8) is 0 Å². The van der Waals surface area contributed by atoms with Crippen molar-refractivity contribution in [1.82, 2.24) is 5.16 Å². The van der Waals surface area contributed by atoms with Crippen molar-refractivity contribution in [2.24, 2.45) is 0 Å². The van der Waals surface area contributed by atoms with Gasteiger partial charge in [-0.05, 0) is 12.1 Å². The van der Waals surface area contributed by atoms with E-state index in [1.807, 2.05) is 0 Å². The highest BCUT2D eigenvalue weighted by atomic mass is 35.5. The average Bonchev–Trinajstić information content (AvgIpc) is 2.52. The summed E-state index contributed by atoms with van der Waals surface area (Å²) < 4.78 is 18.0. The van der Waals surface area contributed by atoms with Gasteiger partial charge in [-0.15, -0.1) is 0 Å². The zero-order valence-electron chi connectivity index (χ0n) is 7.00. The molecule has 0 radical (unpaired) electrons. The van der Waals surface area contributed by atoms with Gasteiger partial charge in [0.15, 0.2) is 5.82 Å². The van der Waals surface area contributed by atoms with E-state index in [1.54, 1.807) is 6.07 Å². The molecular formula is C9H6ClFN2O. The fourth-order valence-corrected chi connectivity index (χ4v) is 1.45. The van der Waals surface area contributed by atoms with Crippen LogP contribution in [0.1, 0.15) is 0 Å². The van der Waals surface area contributed by atoms with Gasteiger partial charge in [-0.25, -0.2) is 4.39 Å². The molecule has 0 aliphatic heterocycles. The molecule has 2 aromatic rings. The Balaban J connectivity index is 2.68. The molecule has 0 bridgehead atoms. The van der Waals surface area contributed by atoms with E-state index >= 15 is 0 Å². The monoisotopic (exact) mass is 212 g/mol. The summed E-state index contributed by atoms with van der Waals surface area (Å²) in [7, 11) is 0. The zero-order valence-corrected chi connectivity index (χ0v) is 7.75. The number of nitrogen functional groups attached to an aromatic ring is 1. The first-order valence-corrected chi connectivity index (χ1v) is 4.22. The van der Waals surface area contributed by atoms with E-state index in [-0.39, 0.29) is 16.4 Å². The van der Waals surface area contributed by atoms with E-state index in [9.17, 15) is 4.39 Å². The summed E-state index contributed by atoms with van der Waals surface area (Å²) in [5.41, 5.74) is 6.06. The van der Waals surface area contributed by atoms with Gasteiger partial charge < -0.3 is 10.3 Å². The molecule has 14 heavy (non-hydrogen) atoms. The van der Waals surface area contributed by atoms with E-state index in [4.69, 9.17) is 17.3 Å². The highest BCUT2D eigenvalue weighted by molar-refractivity contribution is 6.33. The Labute approximate surface area is 84.3 Å². The van der Waals surface area contributed by atoms with Gasteiger partial charge >= 0.3 is 0 Å². The summed E-state index contributed by atoms with van der Waals surface area (Å²) in [6.45, 7) is 0. The van der Waals surface area contributed by atoms with Crippen molar-refractivity contribution in [3.05, 3.63) is 35.3 Å². The number of nitrogens with two attached hydrogens (primary N) is 1. The Morgan fingerprint density at radius 3 is 2.79 bits per heavy atom. The minimum Gasteiger partial charge on any atom is -0.380 e. The van der Waals surface area contributed by atoms with Crippen LogP contribution in [0.25, 0.3) is 11.1 Å². The number of anilines is 1. The Hall–Kier alpha value is -1.55. The molecule has 3 nitrogen and oxygen atoms in total. The molecule has 2 rings (SSSR count). The van der Waals surface area contributed by atoms with Crippen LogP contribution in [0, 0.1) is 5.82 Å². The first-order valence-electron chi connectivity index (χ1n) is 3.84. The van der Waals surface area contributed by atoms with Gasteiger partial charge in [-0.3, -0.25) is 0 Å². The Morgan fingerprint density at radius 2 is 2.21 bits per heavy atom. The second kappa shape index (κ2) is 3.31. The van der Waals surface area contributed by atoms with Crippen molar-refractivity contribution in [2.75, 3.05) is 5.73 Å². The van der Waals surface area contributed by atoms with E-state index in [0.29, 0.717) is 5.56 Å². The molecule has 0 spiro atoms. The van der Waals surface area contributed by atoms with E-state index in [2.05, 4.69) is 9.68 Å². The second-order valence-corrected chi connectivity index (χ2v) is 3.12. The van der Waals surface area contributed by atoms with Gasteiger partial charge in [0.05, 0.1) is 10.6 Å². The minimum atomic E-state index is -0.451. The van der Waals surface area contributed by atoms with Crippen LogP contribution >= 0.6 is 11.6 Å². The topological polar surface area (TPSA) is 52.0 Å². The van der Waals surface area contributed by atoms with Crippen LogP contribution in [0.15, 0.2) is 29.0 Å². The molecule has 0 saturated heterocycles. The van der Waals surface area contributed by atoms with Crippen molar-refractivity contribution in [1.29, 1.82) is 0 Å². The van der Waals surface area contributed by atoms with Crippen molar-refractivity contribution >= 4 is 17.4 Å². The zero-order chi connectivity index (χ0) is 10.1. The van der Waals surface area contributed by atoms with Crippen LogP contribution in [0.5, 0.6) is 0 Å². The maximum atomic E-state index is 13.4. The van der Waals surface area contributed by atoms with Crippen molar-refractivity contribution in [3.8, 4) is 11.1 Å². The quantitative estimate of drug-likeness (QED) is 0.791. The fourth-order valence-electron chi connectivity index (χ4n) is 1.19. The summed E-state index contributed by atoms with van der Waals surface area (Å²) in [6.07, 6.45) is 1.26. The standard InChI is InChI=1S/C9H6ClFN2O/c10-6-2-1-3-7(11)8(6)5-4-14-13-9(5)12/h1-4H,(H2,12,13). The van der Waals surface area contributed by atoms with Crippen LogP contribution < -0.4 is 5.73 Å². The number of hydrogen-bond donors (Lipinski definition) is 1. The molecule has 0 fully saturated rings. The Kier molecular flexibility index (Phi) is 2.13. The molecule has 1 aromatic heterocycles. The molecule has 0 unspecified atom stereocenters. The van der Waals surface area contributed by atoms with Crippen LogP contribution in [0.4, 0.5) is 10.2 Å². The lowest BCUT2D eigenvalue weighted by atomic mass is 10.1. The van der Waals surface area contributed by atoms with Gasteiger partial charge in [-0.1, -0.05) is 22.8 Å². The normalized spacial score (nSPS) is 10.4. The maximum absolute atomic E-state index is 13.4. The van der Waals surface area contributed by atoms with E-state index in [1.165, 1.54) is 18.4 Å². The van der Waals surface area contributed by atoms with Gasteiger partial charge in [0.25, 0.3) is 0 Å². The number of benzene rings is 1. The first-order chi connectivity index (χ1) is 6.70. The molecule has 72 valence electrons. The molecule has 0 aliphatic carbocycles. The van der Waals surface area contributed by atoms with Gasteiger partial charge in [0.2, 0.25) is 0 Å². The lowest BCUT2D eigenvalue weighted by Gasteiger charge is -2.02. The van der Waals surface area contributed by atoms with Crippen LogP contribution in [-0.2, 0) is 0 Å². The summed E-state index contributed by atoms with van der Waals surface area (Å²) in [5.74, 6) is -0.329. The van der Waals surface area contributed by atoms with Gasteiger partial charge in [0.1, 0.15) is 12.1 Å². The van der Waals surface area contributed by atoms with Gasteiger partial charge in [-0.2, -0.15) is 0 Å². The summed E-state index contributed by atoms with van der Waals surface area (Å²) >= 11 is 5.83. The average molecular weight is 213 g/mol. The molecule has 2 N–H and O–H groups in total. The predicted molar refractivity (Wildman–Crippen MR) is 51.3 cm³/mol. The summed E-state index contributed by atoms with van der Waals surface area (Å²) in [5, 5.41) is 3.73. The van der Waals surface area contributed by atoms with E-state index < -0.39 is 5.82 Å². The van der Waals surface area contributed by atoms with Crippen LogP contribution in [0.3, 0.4) is 0 Å². The fraction of sp³-hybridized carbons (Fsp3) is 0.